The molecular weight excluding hydrogens is 303 g/mol. The average molecular weight is 315 g/mol. The lowest BCUT2D eigenvalue weighted by Crippen LogP contribution is -2.36. The molecule has 18 heavy (non-hydrogen) atoms. The van der Waals surface area contributed by atoms with E-state index in [1.54, 1.807) is 12.1 Å². The molecule has 96 valence electrons. The Morgan fingerprint density at radius 2 is 2.22 bits per heavy atom. The highest BCUT2D eigenvalue weighted by Crippen LogP contribution is 2.16. The van der Waals surface area contributed by atoms with E-state index < -0.39 is 6.04 Å². The second-order valence-corrected chi connectivity index (χ2v) is 5.08. The van der Waals surface area contributed by atoms with Gasteiger partial charge >= 0.3 is 0 Å². The molecule has 1 aromatic rings. The molecule has 0 radical (unpaired) electrons. The average Bonchev–Trinajstić information content (AvgIpc) is 2.56. The fourth-order valence-corrected chi connectivity index (χ4v) is 2.15. The van der Waals surface area contributed by atoms with Gasteiger partial charge in [0.25, 0.3) is 0 Å². The van der Waals surface area contributed by atoms with Gasteiger partial charge in [-0.15, -0.1) is 0 Å². The number of amides is 2. The molecule has 1 heterocycles. The van der Waals surface area contributed by atoms with Crippen molar-refractivity contribution < 1.29 is 14.0 Å². The lowest BCUT2D eigenvalue weighted by molar-refractivity contribution is -0.137. The Hall–Kier alpha value is -1.27. The minimum Gasteiger partial charge on any atom is -0.301 e. The number of likely N-dealkylation sites (tertiary alicyclic amines) is 1. The third-order valence-electron chi connectivity index (χ3n) is 2.94. The number of hydrogen-bond donors (Lipinski definition) is 1. The van der Waals surface area contributed by atoms with E-state index in [2.05, 4.69) is 21.2 Å². The van der Waals surface area contributed by atoms with Crippen LogP contribution in [0.4, 0.5) is 4.39 Å². The van der Waals surface area contributed by atoms with Crippen LogP contribution in [0, 0.1) is 5.82 Å². The minimum absolute atomic E-state index is 0.132. The summed E-state index contributed by atoms with van der Waals surface area (Å²) >= 11 is 3.17. The molecule has 0 saturated carbocycles. The zero-order valence-electron chi connectivity index (χ0n) is 9.74. The molecule has 2 amide bonds. The van der Waals surface area contributed by atoms with Crippen LogP contribution in [0.2, 0.25) is 0 Å². The van der Waals surface area contributed by atoms with Crippen molar-refractivity contribution in [1.82, 2.24) is 10.2 Å². The van der Waals surface area contributed by atoms with Gasteiger partial charge in [-0.1, -0.05) is 22.0 Å². The fraction of sp³-hybridized carbons (Fsp3) is 0.333. The van der Waals surface area contributed by atoms with E-state index in [4.69, 9.17) is 0 Å². The van der Waals surface area contributed by atoms with Gasteiger partial charge in [-0.3, -0.25) is 14.5 Å². The zero-order chi connectivity index (χ0) is 13.3. The summed E-state index contributed by atoms with van der Waals surface area (Å²) in [5.74, 6) is -0.826. The molecule has 1 aromatic carbocycles. The quantitative estimate of drug-likeness (QED) is 0.859. The molecule has 4 nitrogen and oxygen atoms in total. The van der Waals surface area contributed by atoms with Crippen molar-refractivity contribution in [2.45, 2.75) is 19.0 Å². The van der Waals surface area contributed by atoms with Crippen molar-refractivity contribution in [3.05, 3.63) is 34.1 Å². The number of likely N-dealkylation sites (N-methyl/N-ethyl adjacent to an activating group) is 1. The maximum atomic E-state index is 13.5. The summed E-state index contributed by atoms with van der Waals surface area (Å²) in [6, 6.07) is 4.18. The van der Waals surface area contributed by atoms with Gasteiger partial charge in [0, 0.05) is 23.6 Å². The van der Waals surface area contributed by atoms with Crippen LogP contribution < -0.4 is 5.32 Å². The van der Waals surface area contributed by atoms with Crippen LogP contribution >= 0.6 is 15.9 Å². The van der Waals surface area contributed by atoms with Crippen molar-refractivity contribution in [2.75, 3.05) is 7.05 Å². The summed E-state index contributed by atoms with van der Waals surface area (Å²) in [5, 5.41) is 2.90. The van der Waals surface area contributed by atoms with Gasteiger partial charge in [-0.05, 0) is 12.1 Å². The number of nitrogens with zero attached hydrogens (tertiary/aromatic N) is 1. The van der Waals surface area contributed by atoms with Crippen LogP contribution in [-0.2, 0) is 16.1 Å². The molecule has 0 aromatic heterocycles. The van der Waals surface area contributed by atoms with Crippen molar-refractivity contribution in [2.24, 2.45) is 0 Å². The molecule has 1 fully saturated rings. The van der Waals surface area contributed by atoms with E-state index in [-0.39, 0.29) is 30.6 Å². The van der Waals surface area contributed by atoms with Crippen LogP contribution in [0.1, 0.15) is 12.0 Å². The molecule has 1 aliphatic rings. The van der Waals surface area contributed by atoms with Gasteiger partial charge in [-0.2, -0.15) is 0 Å². The first-order valence-electron chi connectivity index (χ1n) is 5.46. The minimum atomic E-state index is -0.550. The number of imide groups is 1. The van der Waals surface area contributed by atoms with Crippen molar-refractivity contribution >= 4 is 27.7 Å². The van der Waals surface area contributed by atoms with Crippen molar-refractivity contribution in [3.8, 4) is 0 Å². The van der Waals surface area contributed by atoms with E-state index in [1.807, 2.05) is 0 Å². The monoisotopic (exact) mass is 314 g/mol. The highest BCUT2D eigenvalue weighted by atomic mass is 79.9. The molecule has 6 heteroatoms. The lowest BCUT2D eigenvalue weighted by Gasteiger charge is -2.11. The molecule has 1 atom stereocenters. The summed E-state index contributed by atoms with van der Waals surface area (Å²) in [6.45, 7) is 0.219. The molecule has 1 saturated heterocycles. The van der Waals surface area contributed by atoms with E-state index >= 15 is 0 Å². The molecule has 2 rings (SSSR count). The number of carbonyl (C=O) groups excluding carboxylic acids is 2. The van der Waals surface area contributed by atoms with E-state index in [0.717, 1.165) is 4.90 Å². The second kappa shape index (κ2) is 5.16. The summed E-state index contributed by atoms with van der Waals surface area (Å²) < 4.78 is 14.2. The first kappa shape index (κ1) is 13.2. The molecule has 0 bridgehead atoms. The first-order valence-corrected chi connectivity index (χ1v) is 6.26. The summed E-state index contributed by atoms with van der Waals surface area (Å²) in [6.07, 6.45) is 0.132. The first-order chi connectivity index (χ1) is 8.49. The smallest absolute Gasteiger partial charge is 0.246 e. The zero-order valence-corrected chi connectivity index (χ0v) is 11.3. The molecule has 0 aliphatic carbocycles. The van der Waals surface area contributed by atoms with Gasteiger partial charge in [0.05, 0.1) is 12.5 Å². The van der Waals surface area contributed by atoms with Crippen molar-refractivity contribution in [1.29, 1.82) is 0 Å². The molecule has 1 N–H and O–H groups in total. The number of rotatable bonds is 3. The molecule has 1 unspecified atom stereocenters. The maximum Gasteiger partial charge on any atom is 0.246 e. The van der Waals surface area contributed by atoms with E-state index in [9.17, 15) is 14.0 Å². The van der Waals surface area contributed by atoms with Gasteiger partial charge < -0.3 is 5.32 Å². The molecular formula is C12H12BrFN2O2. The number of nitrogens with one attached hydrogen (secondary N) is 1. The summed E-state index contributed by atoms with van der Waals surface area (Å²) in [5.41, 5.74) is 0.466. The number of halogens is 2. The number of hydrogen-bond acceptors (Lipinski definition) is 3. The highest BCUT2D eigenvalue weighted by molar-refractivity contribution is 9.10. The predicted molar refractivity (Wildman–Crippen MR) is 67.1 cm³/mol. The largest absolute Gasteiger partial charge is 0.301 e. The Kier molecular flexibility index (Phi) is 3.77. The van der Waals surface area contributed by atoms with Gasteiger partial charge in [0.1, 0.15) is 5.82 Å². The van der Waals surface area contributed by atoms with Crippen LogP contribution in [-0.4, -0.2) is 29.8 Å². The Morgan fingerprint density at radius 3 is 2.78 bits per heavy atom. The SMILES string of the molecule is CN1C(=O)CC(NCc2ccc(Br)cc2F)C1=O. The molecule has 0 spiro atoms. The summed E-state index contributed by atoms with van der Waals surface area (Å²) in [4.78, 5) is 24.0. The van der Waals surface area contributed by atoms with Crippen LogP contribution in [0.5, 0.6) is 0 Å². The number of benzene rings is 1. The van der Waals surface area contributed by atoms with E-state index in [1.165, 1.54) is 13.1 Å². The van der Waals surface area contributed by atoms with Gasteiger partial charge in [0.2, 0.25) is 11.8 Å². The van der Waals surface area contributed by atoms with Crippen molar-refractivity contribution in [3.63, 3.8) is 0 Å². The molecule has 1 aliphatic heterocycles. The van der Waals surface area contributed by atoms with Crippen LogP contribution in [0.15, 0.2) is 22.7 Å². The third kappa shape index (κ3) is 2.59. The highest BCUT2D eigenvalue weighted by Gasteiger charge is 2.35. The summed E-state index contributed by atoms with van der Waals surface area (Å²) in [7, 11) is 1.45. The topological polar surface area (TPSA) is 49.4 Å². The van der Waals surface area contributed by atoms with E-state index in [0.29, 0.717) is 10.0 Å². The normalized spacial score (nSPS) is 19.7. The van der Waals surface area contributed by atoms with Crippen LogP contribution in [0.3, 0.4) is 0 Å². The second-order valence-electron chi connectivity index (χ2n) is 4.16. The maximum absolute atomic E-state index is 13.5. The van der Waals surface area contributed by atoms with Gasteiger partial charge in [0.15, 0.2) is 0 Å². The Balaban J connectivity index is 2.00. The van der Waals surface area contributed by atoms with Crippen LogP contribution in [0.25, 0.3) is 0 Å². The third-order valence-corrected chi connectivity index (χ3v) is 3.43. The Bertz CT molecular complexity index is 507. The predicted octanol–water partition coefficient (Wildman–Crippen LogP) is 1.44. The Morgan fingerprint density at radius 1 is 1.50 bits per heavy atom. The standard InChI is InChI=1S/C12H12BrFN2O2/c1-16-11(17)5-10(12(16)18)15-6-7-2-3-8(13)4-9(7)14/h2-4,10,15H,5-6H2,1H3. The number of carbonyl (C=O) groups is 2. The lowest BCUT2D eigenvalue weighted by atomic mass is 10.2. The van der Waals surface area contributed by atoms with Gasteiger partial charge in [-0.25, -0.2) is 4.39 Å². The Labute approximate surface area is 112 Å². The fourth-order valence-electron chi connectivity index (χ4n) is 1.81.